The summed E-state index contributed by atoms with van der Waals surface area (Å²) in [6.45, 7) is 3.64. The minimum Gasteiger partial charge on any atom is -0.466 e. The van der Waals surface area contributed by atoms with Crippen LogP contribution in [0, 0.1) is 6.92 Å². The third-order valence-electron chi connectivity index (χ3n) is 6.84. The maximum absolute atomic E-state index is 13.7. The topological polar surface area (TPSA) is 85.6 Å². The zero-order chi connectivity index (χ0) is 24.9. The van der Waals surface area contributed by atoms with Crippen LogP contribution in [0.5, 0.6) is 0 Å². The highest BCUT2D eigenvalue weighted by Gasteiger charge is 2.42. The highest BCUT2D eigenvalue weighted by Crippen LogP contribution is 2.46. The molecule has 0 saturated carbocycles. The maximum atomic E-state index is 13.7. The molecule has 0 bridgehead atoms. The molecule has 0 amide bonds. The first-order valence-electron chi connectivity index (χ1n) is 11.4. The number of dihydropyridines is 1. The number of fused-ring (bicyclic) bond motifs is 1. The van der Waals surface area contributed by atoms with Crippen molar-refractivity contribution in [3.63, 3.8) is 0 Å². The van der Waals surface area contributed by atoms with E-state index in [9.17, 15) is 14.4 Å². The molecule has 35 heavy (non-hydrogen) atoms. The van der Waals surface area contributed by atoms with Crippen molar-refractivity contribution >= 4 is 34.3 Å². The molecule has 2 aliphatic rings. The zero-order valence-corrected chi connectivity index (χ0v) is 20.4. The van der Waals surface area contributed by atoms with Crippen molar-refractivity contribution in [3.05, 3.63) is 103 Å². The predicted molar refractivity (Wildman–Crippen MR) is 133 cm³/mol. The number of Topliss-reactive ketones (excluding diaryl/α,β-unsaturated/α-hetero) is 1. The summed E-state index contributed by atoms with van der Waals surface area (Å²) in [4.78, 5) is 40.2. The van der Waals surface area contributed by atoms with Gasteiger partial charge in [0.15, 0.2) is 11.2 Å². The molecule has 0 saturated heterocycles. The first-order valence-corrected chi connectivity index (χ1v) is 11.8. The first-order chi connectivity index (χ1) is 16.8. The quantitative estimate of drug-likeness (QED) is 0.503. The van der Waals surface area contributed by atoms with Crippen LogP contribution in [0.1, 0.15) is 48.3 Å². The number of hydrogen-bond donors (Lipinski definition) is 1. The fraction of sp³-hybridized carbons (Fsp3) is 0.250. The lowest BCUT2D eigenvalue weighted by atomic mass is 9.72. The van der Waals surface area contributed by atoms with Crippen LogP contribution in [0.2, 0.25) is 5.02 Å². The number of ketones is 1. The van der Waals surface area contributed by atoms with Gasteiger partial charge in [0.25, 0.3) is 0 Å². The molecule has 0 fully saturated rings. The van der Waals surface area contributed by atoms with Crippen molar-refractivity contribution in [2.24, 2.45) is 0 Å². The Morgan fingerprint density at radius 2 is 1.86 bits per heavy atom. The van der Waals surface area contributed by atoms with Crippen LogP contribution < -0.4 is 10.7 Å². The van der Waals surface area contributed by atoms with E-state index in [1.165, 1.54) is 13.4 Å². The minimum atomic E-state index is -0.889. The minimum absolute atomic E-state index is 0.119. The second-order valence-corrected chi connectivity index (χ2v) is 9.46. The summed E-state index contributed by atoms with van der Waals surface area (Å²) in [6.07, 6.45) is 2.10. The summed E-state index contributed by atoms with van der Waals surface area (Å²) in [5.41, 5.74) is 4.07. The summed E-state index contributed by atoms with van der Waals surface area (Å²) < 4.78 is 10.9. The number of esters is 1. The van der Waals surface area contributed by atoms with Gasteiger partial charge in [-0.25, -0.2) is 4.79 Å². The fourth-order valence-electron chi connectivity index (χ4n) is 5.22. The highest BCUT2D eigenvalue weighted by atomic mass is 35.5. The highest BCUT2D eigenvalue weighted by molar-refractivity contribution is 6.31. The van der Waals surface area contributed by atoms with Crippen LogP contribution in [0.4, 0.5) is 0 Å². The Balaban J connectivity index is 1.70. The van der Waals surface area contributed by atoms with Crippen molar-refractivity contribution in [2.45, 2.75) is 38.5 Å². The number of halogens is 1. The third-order valence-corrected chi connectivity index (χ3v) is 7.19. The fourth-order valence-corrected chi connectivity index (χ4v) is 5.51. The Kier molecular flexibility index (Phi) is 5.85. The normalized spacial score (nSPS) is 20.1. The number of rotatable bonds is 3. The second-order valence-electron chi connectivity index (χ2n) is 9.05. The van der Waals surface area contributed by atoms with Crippen molar-refractivity contribution < 1.29 is 18.7 Å². The molecule has 2 atom stereocenters. The van der Waals surface area contributed by atoms with E-state index in [2.05, 4.69) is 5.32 Å². The molecular weight excluding hydrogens is 466 g/mol. The molecule has 2 unspecified atom stereocenters. The van der Waals surface area contributed by atoms with Gasteiger partial charge in [-0.15, -0.1) is 0 Å². The van der Waals surface area contributed by atoms with Gasteiger partial charge in [0.1, 0.15) is 5.58 Å². The lowest BCUT2D eigenvalue weighted by Crippen LogP contribution is -2.37. The molecular formula is C28H24ClNO5. The van der Waals surface area contributed by atoms with Crippen molar-refractivity contribution in [1.29, 1.82) is 0 Å². The molecule has 1 aromatic heterocycles. The van der Waals surface area contributed by atoms with Gasteiger partial charge < -0.3 is 14.5 Å². The molecule has 2 heterocycles. The average Bonchev–Trinajstić information content (AvgIpc) is 2.83. The van der Waals surface area contributed by atoms with Crippen molar-refractivity contribution in [3.8, 4) is 0 Å². The average molecular weight is 490 g/mol. The molecule has 5 rings (SSSR count). The van der Waals surface area contributed by atoms with E-state index >= 15 is 0 Å². The maximum Gasteiger partial charge on any atom is 0.336 e. The second kappa shape index (κ2) is 8.86. The van der Waals surface area contributed by atoms with Crippen molar-refractivity contribution in [1.82, 2.24) is 5.32 Å². The Hall–Kier alpha value is -3.64. The molecule has 7 heteroatoms. The first kappa shape index (κ1) is 23.1. The predicted octanol–water partition coefficient (Wildman–Crippen LogP) is 5.29. The van der Waals surface area contributed by atoms with E-state index in [1.807, 2.05) is 37.3 Å². The van der Waals surface area contributed by atoms with E-state index < -0.39 is 11.9 Å². The number of hydrogen-bond acceptors (Lipinski definition) is 6. The standard InChI is InChI=1S/C28H24ClNO5/c1-14-8-9-23-18(10-14)27(32)19(13-35-23)25-24(28(33)34-3)15(2)30-21-11-16(12-22(31)26(21)25)17-6-4-5-7-20(17)29/h4-10,13,16,25,30H,11-12H2,1-3H3. The molecule has 178 valence electrons. The Morgan fingerprint density at radius 3 is 2.60 bits per heavy atom. The van der Waals surface area contributed by atoms with Gasteiger partial charge in [0, 0.05) is 34.0 Å². The summed E-state index contributed by atoms with van der Waals surface area (Å²) in [7, 11) is 1.28. The number of carbonyl (C=O) groups is 2. The molecule has 1 aliphatic carbocycles. The SMILES string of the molecule is COC(=O)C1=C(C)NC2=C(C(=O)CC(c3ccccc3Cl)C2)C1c1coc2ccc(C)cc2c1=O. The smallest absolute Gasteiger partial charge is 0.336 e. The van der Waals surface area contributed by atoms with Gasteiger partial charge in [-0.1, -0.05) is 41.4 Å². The van der Waals surface area contributed by atoms with E-state index in [-0.39, 0.29) is 34.7 Å². The number of benzene rings is 2. The van der Waals surface area contributed by atoms with Crippen LogP contribution in [-0.2, 0) is 14.3 Å². The van der Waals surface area contributed by atoms with Gasteiger partial charge in [0.05, 0.1) is 30.3 Å². The lowest BCUT2D eigenvalue weighted by molar-refractivity contribution is -0.136. The zero-order valence-electron chi connectivity index (χ0n) is 19.6. The molecule has 0 spiro atoms. The summed E-state index contributed by atoms with van der Waals surface area (Å²) in [5, 5.41) is 4.27. The number of ether oxygens (including phenoxy) is 1. The van der Waals surface area contributed by atoms with Crippen molar-refractivity contribution in [2.75, 3.05) is 7.11 Å². The van der Waals surface area contributed by atoms with Gasteiger partial charge in [-0.3, -0.25) is 9.59 Å². The third kappa shape index (κ3) is 3.88. The van der Waals surface area contributed by atoms with Gasteiger partial charge >= 0.3 is 5.97 Å². The number of aryl methyl sites for hydroxylation is 1. The number of methoxy groups -OCH3 is 1. The van der Waals surface area contributed by atoms with E-state index in [4.69, 9.17) is 20.8 Å². The number of carbonyl (C=O) groups excluding carboxylic acids is 2. The molecule has 3 aromatic rings. The van der Waals surface area contributed by atoms with Crippen LogP contribution >= 0.6 is 11.6 Å². The number of nitrogens with one attached hydrogen (secondary N) is 1. The van der Waals surface area contributed by atoms with E-state index in [0.29, 0.717) is 39.4 Å². The lowest BCUT2D eigenvalue weighted by Gasteiger charge is -2.36. The van der Waals surface area contributed by atoms with Crippen LogP contribution in [0.15, 0.2) is 80.5 Å². The Morgan fingerprint density at radius 1 is 1.09 bits per heavy atom. The summed E-state index contributed by atoms with van der Waals surface area (Å²) in [5.74, 6) is -1.76. The van der Waals surface area contributed by atoms with Gasteiger partial charge in [-0.2, -0.15) is 0 Å². The Labute approximate surface area is 207 Å². The molecule has 0 radical (unpaired) electrons. The van der Waals surface area contributed by atoms with E-state index in [0.717, 1.165) is 11.1 Å². The molecule has 1 aliphatic heterocycles. The molecule has 1 N–H and O–H groups in total. The Bertz CT molecular complexity index is 1510. The largest absolute Gasteiger partial charge is 0.466 e. The van der Waals surface area contributed by atoms with Gasteiger partial charge in [-0.05, 0) is 49.9 Å². The van der Waals surface area contributed by atoms with E-state index in [1.54, 1.807) is 19.1 Å². The summed E-state index contributed by atoms with van der Waals surface area (Å²) in [6, 6.07) is 12.8. The van der Waals surface area contributed by atoms with Crippen LogP contribution in [-0.4, -0.2) is 18.9 Å². The summed E-state index contributed by atoms with van der Waals surface area (Å²) >= 11 is 6.43. The van der Waals surface area contributed by atoms with Crippen LogP contribution in [0.25, 0.3) is 11.0 Å². The van der Waals surface area contributed by atoms with Crippen LogP contribution in [0.3, 0.4) is 0 Å². The molecule has 2 aromatic carbocycles. The van der Waals surface area contributed by atoms with Gasteiger partial charge in [0.2, 0.25) is 0 Å². The molecule has 6 nitrogen and oxygen atoms in total. The number of allylic oxidation sites excluding steroid dienone is 3. The monoisotopic (exact) mass is 489 g/mol.